The molecule has 2 heterocycles. The number of hydrogen-bond acceptors (Lipinski definition) is 4. The molecular weight excluding hydrogens is 366 g/mol. The Balaban J connectivity index is 1.67. The third-order valence-electron chi connectivity index (χ3n) is 4.47. The molecule has 4 rings (SSSR count). The van der Waals surface area contributed by atoms with Crippen LogP contribution in [-0.2, 0) is 22.0 Å². The number of amides is 1. The van der Waals surface area contributed by atoms with Gasteiger partial charge in [0.05, 0.1) is 15.5 Å². The molecule has 1 amide bonds. The SMILES string of the molecule is CCc1ccc(NC(=O)c2cc3c(s2)-c2ccccc2S(=O)(=O)C3)cc1. The van der Waals surface area contributed by atoms with Crippen LogP contribution >= 0.6 is 11.3 Å². The van der Waals surface area contributed by atoms with Gasteiger partial charge in [-0.1, -0.05) is 37.3 Å². The highest BCUT2D eigenvalue weighted by molar-refractivity contribution is 7.91. The number of thiophene rings is 1. The number of nitrogens with one attached hydrogen (secondary N) is 1. The summed E-state index contributed by atoms with van der Waals surface area (Å²) in [7, 11) is -3.36. The maximum absolute atomic E-state index is 12.6. The zero-order chi connectivity index (χ0) is 18.3. The normalized spacial score (nSPS) is 14.3. The summed E-state index contributed by atoms with van der Waals surface area (Å²) in [6, 6.07) is 16.4. The van der Waals surface area contributed by atoms with E-state index in [1.807, 2.05) is 30.3 Å². The van der Waals surface area contributed by atoms with Crippen molar-refractivity contribution in [2.24, 2.45) is 0 Å². The summed E-state index contributed by atoms with van der Waals surface area (Å²) in [5.74, 6) is -0.280. The van der Waals surface area contributed by atoms with Gasteiger partial charge in [-0.25, -0.2) is 8.42 Å². The smallest absolute Gasteiger partial charge is 0.265 e. The topological polar surface area (TPSA) is 63.2 Å². The van der Waals surface area contributed by atoms with Crippen LogP contribution in [0, 0.1) is 0 Å². The molecule has 0 saturated carbocycles. The largest absolute Gasteiger partial charge is 0.321 e. The number of sulfone groups is 1. The monoisotopic (exact) mass is 383 g/mol. The second kappa shape index (κ2) is 6.37. The zero-order valence-corrected chi connectivity index (χ0v) is 15.8. The maximum Gasteiger partial charge on any atom is 0.265 e. The van der Waals surface area contributed by atoms with Gasteiger partial charge in [0.25, 0.3) is 5.91 Å². The van der Waals surface area contributed by atoms with Gasteiger partial charge in [0.15, 0.2) is 9.84 Å². The molecular formula is C20H17NO3S2. The van der Waals surface area contributed by atoms with Crippen LogP contribution in [-0.4, -0.2) is 14.3 Å². The summed E-state index contributed by atoms with van der Waals surface area (Å²) in [5, 5.41) is 2.89. The van der Waals surface area contributed by atoms with E-state index >= 15 is 0 Å². The van der Waals surface area contributed by atoms with Crippen molar-refractivity contribution in [1.82, 2.24) is 0 Å². The van der Waals surface area contributed by atoms with Gasteiger partial charge in [0, 0.05) is 16.1 Å². The van der Waals surface area contributed by atoms with Crippen molar-refractivity contribution < 1.29 is 13.2 Å². The van der Waals surface area contributed by atoms with E-state index in [1.165, 1.54) is 16.9 Å². The fraction of sp³-hybridized carbons (Fsp3) is 0.150. The van der Waals surface area contributed by atoms with Crippen LogP contribution in [0.1, 0.15) is 27.7 Å². The van der Waals surface area contributed by atoms with E-state index < -0.39 is 9.84 Å². The lowest BCUT2D eigenvalue weighted by Crippen LogP contribution is -2.11. The van der Waals surface area contributed by atoms with Crippen LogP contribution in [0.2, 0.25) is 0 Å². The Kier molecular flexibility index (Phi) is 4.17. The van der Waals surface area contributed by atoms with Crippen LogP contribution in [0.4, 0.5) is 5.69 Å². The second-order valence-corrected chi connectivity index (χ2v) is 9.24. The van der Waals surface area contributed by atoms with E-state index in [1.54, 1.807) is 24.3 Å². The Labute approximate surface area is 156 Å². The van der Waals surface area contributed by atoms with Crippen molar-refractivity contribution in [3.05, 3.63) is 70.6 Å². The highest BCUT2D eigenvalue weighted by Crippen LogP contribution is 2.42. The quantitative estimate of drug-likeness (QED) is 0.723. The summed E-state index contributed by atoms with van der Waals surface area (Å²) < 4.78 is 24.9. The van der Waals surface area contributed by atoms with Crippen LogP contribution in [0.3, 0.4) is 0 Å². The molecule has 1 N–H and O–H groups in total. The number of rotatable bonds is 3. The summed E-state index contributed by atoms with van der Waals surface area (Å²) in [5.41, 5.74) is 3.31. The zero-order valence-electron chi connectivity index (χ0n) is 14.2. The highest BCUT2D eigenvalue weighted by Gasteiger charge is 2.30. The van der Waals surface area contributed by atoms with Gasteiger partial charge in [0.2, 0.25) is 0 Å². The molecule has 0 atom stereocenters. The number of anilines is 1. The number of carbonyl (C=O) groups is 1. The third kappa shape index (κ3) is 2.95. The lowest BCUT2D eigenvalue weighted by Gasteiger charge is -2.15. The number of aryl methyl sites for hydroxylation is 1. The van der Waals surface area contributed by atoms with Gasteiger partial charge < -0.3 is 5.32 Å². The van der Waals surface area contributed by atoms with Crippen LogP contribution in [0.15, 0.2) is 59.5 Å². The summed E-state index contributed by atoms with van der Waals surface area (Å²) in [6.45, 7) is 2.08. The van der Waals surface area contributed by atoms with Gasteiger partial charge in [0.1, 0.15) is 0 Å². The first-order valence-corrected chi connectivity index (χ1v) is 10.8. The summed E-state index contributed by atoms with van der Waals surface area (Å²) in [4.78, 5) is 14.3. The first kappa shape index (κ1) is 17.0. The molecule has 0 fully saturated rings. The van der Waals surface area contributed by atoms with E-state index in [-0.39, 0.29) is 11.7 Å². The molecule has 0 aliphatic carbocycles. The minimum Gasteiger partial charge on any atom is -0.321 e. The number of carbonyl (C=O) groups excluding carboxylic acids is 1. The van der Waals surface area contributed by atoms with Crippen molar-refractivity contribution in [2.75, 3.05) is 5.32 Å². The van der Waals surface area contributed by atoms with Gasteiger partial charge in [-0.3, -0.25) is 4.79 Å². The van der Waals surface area contributed by atoms with Gasteiger partial charge >= 0.3 is 0 Å². The first-order valence-electron chi connectivity index (χ1n) is 8.33. The van der Waals surface area contributed by atoms with Crippen molar-refractivity contribution in [3.8, 4) is 10.4 Å². The molecule has 2 aromatic carbocycles. The van der Waals surface area contributed by atoms with Crippen molar-refractivity contribution >= 4 is 32.8 Å². The Hall–Kier alpha value is -2.44. The molecule has 132 valence electrons. The third-order valence-corrected chi connectivity index (χ3v) is 7.39. The number of fused-ring (bicyclic) bond motifs is 3. The predicted molar refractivity (Wildman–Crippen MR) is 104 cm³/mol. The fourth-order valence-electron chi connectivity index (χ4n) is 3.10. The van der Waals surface area contributed by atoms with Gasteiger partial charge in [-0.15, -0.1) is 11.3 Å². The molecule has 4 nitrogen and oxygen atoms in total. The molecule has 1 aliphatic heterocycles. The average molecular weight is 383 g/mol. The minimum absolute atomic E-state index is 0.0612. The Bertz CT molecular complexity index is 1100. The molecule has 0 spiro atoms. The van der Waals surface area contributed by atoms with Crippen molar-refractivity contribution in [3.63, 3.8) is 0 Å². The van der Waals surface area contributed by atoms with Gasteiger partial charge in [-0.05, 0) is 41.8 Å². The van der Waals surface area contributed by atoms with E-state index in [2.05, 4.69) is 12.2 Å². The molecule has 1 aromatic heterocycles. The highest BCUT2D eigenvalue weighted by atomic mass is 32.2. The first-order chi connectivity index (χ1) is 12.5. The van der Waals surface area contributed by atoms with Crippen LogP contribution in [0.5, 0.6) is 0 Å². The fourth-order valence-corrected chi connectivity index (χ4v) is 5.95. The molecule has 3 aromatic rings. The predicted octanol–water partition coefficient (Wildman–Crippen LogP) is 4.52. The summed E-state index contributed by atoms with van der Waals surface area (Å²) >= 11 is 1.34. The van der Waals surface area contributed by atoms with E-state index in [0.29, 0.717) is 20.9 Å². The average Bonchev–Trinajstić information content (AvgIpc) is 3.06. The molecule has 0 unspecified atom stereocenters. The number of benzene rings is 2. The second-order valence-electron chi connectivity index (χ2n) is 6.22. The van der Waals surface area contributed by atoms with Crippen molar-refractivity contribution in [1.29, 1.82) is 0 Å². The minimum atomic E-state index is -3.36. The molecule has 0 bridgehead atoms. The molecule has 1 aliphatic rings. The molecule has 0 saturated heterocycles. The molecule has 26 heavy (non-hydrogen) atoms. The maximum atomic E-state index is 12.6. The van der Waals surface area contributed by atoms with Gasteiger partial charge in [-0.2, -0.15) is 0 Å². The number of hydrogen-bond donors (Lipinski definition) is 1. The summed E-state index contributed by atoms with van der Waals surface area (Å²) in [6.07, 6.45) is 0.944. The van der Waals surface area contributed by atoms with E-state index in [9.17, 15) is 13.2 Å². The van der Waals surface area contributed by atoms with Crippen LogP contribution < -0.4 is 5.32 Å². The Morgan fingerprint density at radius 3 is 2.58 bits per heavy atom. The molecule has 0 radical (unpaired) electrons. The lowest BCUT2D eigenvalue weighted by molar-refractivity contribution is 0.103. The van der Waals surface area contributed by atoms with Crippen LogP contribution in [0.25, 0.3) is 10.4 Å². The standard InChI is InChI=1S/C20H17NO3S2/c1-2-13-7-9-15(10-8-13)21-20(22)17-11-14-12-26(23,24)18-6-4-3-5-16(18)19(14)25-17/h3-11H,2,12H2,1H3,(H,21,22). The lowest BCUT2D eigenvalue weighted by atomic mass is 10.1. The van der Waals surface area contributed by atoms with Crippen molar-refractivity contribution in [2.45, 2.75) is 24.0 Å². The molecule has 6 heteroatoms. The Morgan fingerprint density at radius 2 is 1.85 bits per heavy atom. The van der Waals surface area contributed by atoms with E-state index in [0.717, 1.165) is 17.0 Å². The Morgan fingerprint density at radius 1 is 1.12 bits per heavy atom. The van der Waals surface area contributed by atoms with E-state index in [4.69, 9.17) is 0 Å².